The van der Waals surface area contributed by atoms with E-state index in [1.54, 1.807) is 18.5 Å². The molecule has 0 radical (unpaired) electrons. The Morgan fingerprint density at radius 3 is 2.67 bits per heavy atom. The van der Waals surface area contributed by atoms with Crippen LogP contribution in [0.15, 0.2) is 71.8 Å². The Labute approximate surface area is 209 Å². The fourth-order valence-electron chi connectivity index (χ4n) is 4.81. The largest absolute Gasteiger partial charge is 0.456 e. The number of aromatic amines is 1. The van der Waals surface area contributed by atoms with Crippen LogP contribution in [-0.2, 0) is 11.2 Å². The summed E-state index contributed by atoms with van der Waals surface area (Å²) in [7, 11) is 0. The van der Waals surface area contributed by atoms with Crippen LogP contribution in [0, 0.1) is 0 Å². The molecule has 1 unspecified atom stereocenters. The first-order valence-corrected chi connectivity index (χ1v) is 12.2. The number of benzene rings is 2. The van der Waals surface area contributed by atoms with Gasteiger partial charge < -0.3 is 24.7 Å². The Morgan fingerprint density at radius 2 is 1.83 bits per heavy atom. The average Bonchev–Trinajstić information content (AvgIpc) is 2.92. The van der Waals surface area contributed by atoms with E-state index in [9.17, 15) is 4.79 Å². The molecule has 2 aliphatic heterocycles. The van der Waals surface area contributed by atoms with E-state index in [1.807, 2.05) is 43.3 Å². The molecule has 1 fully saturated rings. The number of nitrogens with one attached hydrogen (secondary N) is 2. The predicted octanol–water partition coefficient (Wildman–Crippen LogP) is 4.54. The van der Waals surface area contributed by atoms with Crippen LogP contribution in [0.3, 0.4) is 0 Å². The Hall–Kier alpha value is -4.17. The molecule has 1 saturated heterocycles. The monoisotopic (exact) mass is 481 g/mol. The number of fused-ring (bicyclic) bond motifs is 2. The number of aromatic nitrogens is 3. The fourth-order valence-corrected chi connectivity index (χ4v) is 4.81. The van der Waals surface area contributed by atoms with Crippen LogP contribution in [0.2, 0.25) is 0 Å². The number of rotatable bonds is 5. The molecule has 8 heteroatoms. The van der Waals surface area contributed by atoms with Gasteiger partial charge in [-0.1, -0.05) is 12.1 Å². The molecule has 182 valence electrons. The van der Waals surface area contributed by atoms with Crippen molar-refractivity contribution in [2.75, 3.05) is 36.5 Å². The lowest BCUT2D eigenvalue weighted by atomic mass is 9.96. The maximum Gasteiger partial charge on any atom is 0.250 e. The third kappa shape index (κ3) is 4.43. The first-order chi connectivity index (χ1) is 17.6. The molecule has 2 aromatic heterocycles. The number of nitrogens with zero attached hydrogens (tertiary/aromatic N) is 3. The van der Waals surface area contributed by atoms with Crippen LogP contribution < -0.4 is 20.5 Å². The Kier molecular flexibility index (Phi) is 5.87. The highest BCUT2D eigenvalue weighted by molar-refractivity contribution is 5.74. The van der Waals surface area contributed by atoms with Gasteiger partial charge in [0.25, 0.3) is 0 Å². The molecule has 4 heterocycles. The van der Waals surface area contributed by atoms with E-state index in [2.05, 4.69) is 37.3 Å². The standard InChI is InChI=1S/C28H27N5O3/c1-18(28-29-8-3-9-30-28)31-21-6-7-25-20(15-21)14-19-4-2-5-23(27(19)36-25)24-16-22(17-26(34)32-24)33-10-12-35-13-11-33/h2-9,15-18,31H,10-14H2,1H3,(H,32,34). The van der Waals surface area contributed by atoms with Gasteiger partial charge in [0.15, 0.2) is 0 Å². The highest BCUT2D eigenvalue weighted by atomic mass is 16.5. The summed E-state index contributed by atoms with van der Waals surface area (Å²) in [6.45, 7) is 4.91. The van der Waals surface area contributed by atoms with Gasteiger partial charge >= 0.3 is 0 Å². The van der Waals surface area contributed by atoms with E-state index in [1.165, 1.54) is 0 Å². The van der Waals surface area contributed by atoms with Crippen molar-refractivity contribution in [2.24, 2.45) is 0 Å². The molecule has 0 spiro atoms. The number of pyridine rings is 1. The minimum absolute atomic E-state index is 0.0248. The summed E-state index contributed by atoms with van der Waals surface area (Å²) in [5, 5.41) is 3.48. The van der Waals surface area contributed by atoms with Gasteiger partial charge in [-0.2, -0.15) is 0 Å². The number of ether oxygens (including phenoxy) is 2. The van der Waals surface area contributed by atoms with Crippen LogP contribution in [0.5, 0.6) is 11.5 Å². The van der Waals surface area contributed by atoms with Crippen molar-refractivity contribution in [3.05, 3.63) is 94.3 Å². The SMILES string of the molecule is CC(Nc1ccc2c(c1)Cc1cccc(-c3cc(N4CCOCC4)cc(=O)[nH]3)c1O2)c1ncccn1. The maximum atomic E-state index is 12.6. The molecule has 0 saturated carbocycles. The third-order valence-corrected chi connectivity index (χ3v) is 6.60. The second kappa shape index (κ2) is 9.47. The summed E-state index contributed by atoms with van der Waals surface area (Å²) < 4.78 is 11.9. The summed E-state index contributed by atoms with van der Waals surface area (Å²) in [5.74, 6) is 2.34. The zero-order valence-corrected chi connectivity index (χ0v) is 20.0. The van der Waals surface area contributed by atoms with Crippen LogP contribution in [0.4, 0.5) is 11.4 Å². The summed E-state index contributed by atoms with van der Waals surface area (Å²) in [5.41, 5.74) is 5.56. The zero-order valence-electron chi connectivity index (χ0n) is 20.0. The van der Waals surface area contributed by atoms with Gasteiger partial charge in [-0.05, 0) is 48.9 Å². The van der Waals surface area contributed by atoms with Crippen molar-refractivity contribution in [3.63, 3.8) is 0 Å². The minimum atomic E-state index is -0.130. The van der Waals surface area contributed by atoms with E-state index in [4.69, 9.17) is 9.47 Å². The molecule has 36 heavy (non-hydrogen) atoms. The van der Waals surface area contributed by atoms with E-state index in [-0.39, 0.29) is 11.6 Å². The Bertz CT molecular complexity index is 1450. The van der Waals surface area contributed by atoms with Gasteiger partial charge in [0.1, 0.15) is 17.3 Å². The topological polar surface area (TPSA) is 92.4 Å². The average molecular weight is 482 g/mol. The van der Waals surface area contributed by atoms with Gasteiger partial charge in [0.05, 0.1) is 24.9 Å². The molecule has 2 N–H and O–H groups in total. The molecule has 6 rings (SSSR count). The Balaban J connectivity index is 1.28. The highest BCUT2D eigenvalue weighted by Crippen LogP contribution is 2.43. The molecule has 0 bridgehead atoms. The first-order valence-electron chi connectivity index (χ1n) is 12.2. The summed E-state index contributed by atoms with van der Waals surface area (Å²) in [6, 6.07) is 17.7. The van der Waals surface area contributed by atoms with Crippen LogP contribution in [0.1, 0.15) is 29.9 Å². The van der Waals surface area contributed by atoms with Gasteiger partial charge in [-0.15, -0.1) is 0 Å². The minimum Gasteiger partial charge on any atom is -0.456 e. The highest BCUT2D eigenvalue weighted by Gasteiger charge is 2.22. The molecule has 8 nitrogen and oxygen atoms in total. The zero-order chi connectivity index (χ0) is 24.5. The fraction of sp³-hybridized carbons (Fsp3) is 0.250. The van der Waals surface area contributed by atoms with Crippen LogP contribution in [0.25, 0.3) is 11.3 Å². The van der Waals surface area contributed by atoms with Crippen molar-refractivity contribution >= 4 is 11.4 Å². The van der Waals surface area contributed by atoms with Crippen molar-refractivity contribution in [1.29, 1.82) is 0 Å². The van der Waals surface area contributed by atoms with E-state index >= 15 is 0 Å². The van der Waals surface area contributed by atoms with Crippen molar-refractivity contribution in [1.82, 2.24) is 15.0 Å². The molecule has 2 aromatic carbocycles. The van der Waals surface area contributed by atoms with E-state index < -0.39 is 0 Å². The number of hydrogen-bond acceptors (Lipinski definition) is 7. The second-order valence-corrected chi connectivity index (χ2v) is 9.08. The summed E-state index contributed by atoms with van der Waals surface area (Å²) >= 11 is 0. The van der Waals surface area contributed by atoms with E-state index in [0.29, 0.717) is 13.2 Å². The lowest BCUT2D eigenvalue weighted by Crippen LogP contribution is -2.36. The third-order valence-electron chi connectivity index (χ3n) is 6.60. The van der Waals surface area contributed by atoms with Crippen molar-refractivity contribution < 1.29 is 9.47 Å². The summed E-state index contributed by atoms with van der Waals surface area (Å²) in [4.78, 5) is 26.4. The van der Waals surface area contributed by atoms with Gasteiger partial charge in [-0.25, -0.2) is 9.97 Å². The number of para-hydroxylation sites is 1. The molecule has 1 atom stereocenters. The lowest BCUT2D eigenvalue weighted by molar-refractivity contribution is 0.122. The predicted molar refractivity (Wildman–Crippen MR) is 139 cm³/mol. The molecule has 0 amide bonds. The van der Waals surface area contributed by atoms with Gasteiger partial charge in [0, 0.05) is 60.5 Å². The molecule has 4 aromatic rings. The van der Waals surface area contributed by atoms with Gasteiger partial charge in [0.2, 0.25) is 5.56 Å². The van der Waals surface area contributed by atoms with Crippen molar-refractivity contribution in [2.45, 2.75) is 19.4 Å². The molecule has 2 aliphatic rings. The molecular formula is C28H27N5O3. The van der Waals surface area contributed by atoms with E-state index in [0.717, 1.165) is 70.6 Å². The molecular weight excluding hydrogens is 454 g/mol. The van der Waals surface area contributed by atoms with Gasteiger partial charge in [-0.3, -0.25) is 4.79 Å². The van der Waals surface area contributed by atoms with Crippen LogP contribution >= 0.6 is 0 Å². The normalized spacial score (nSPS) is 15.4. The molecule has 0 aliphatic carbocycles. The number of anilines is 2. The smallest absolute Gasteiger partial charge is 0.250 e. The van der Waals surface area contributed by atoms with Crippen molar-refractivity contribution in [3.8, 4) is 22.8 Å². The summed E-state index contributed by atoms with van der Waals surface area (Å²) in [6.07, 6.45) is 4.23. The number of hydrogen-bond donors (Lipinski definition) is 2. The lowest BCUT2D eigenvalue weighted by Gasteiger charge is -2.29. The number of H-pyrrole nitrogens is 1. The quantitative estimate of drug-likeness (QED) is 0.381. The first kappa shape index (κ1) is 22.3. The number of morpholine rings is 1. The maximum absolute atomic E-state index is 12.6. The second-order valence-electron chi connectivity index (χ2n) is 9.08. The van der Waals surface area contributed by atoms with Crippen LogP contribution in [-0.4, -0.2) is 41.3 Å². The Morgan fingerprint density at radius 1 is 1.00 bits per heavy atom.